The molecule has 0 aliphatic carbocycles. The molecule has 0 radical (unpaired) electrons. The SMILES string of the molecule is COc1ccc(C)c(N[S+]([O-])c2c(OCC(F)(F)F)ncnc2OCC(F)(F)F)c1. The topological polar surface area (TPSA) is 88.6 Å². The van der Waals surface area contributed by atoms with Crippen molar-refractivity contribution in [1.29, 1.82) is 0 Å². The van der Waals surface area contributed by atoms with Crippen LogP contribution in [0.2, 0.25) is 0 Å². The Kier molecular flexibility index (Phi) is 7.47. The third kappa shape index (κ3) is 7.02. The van der Waals surface area contributed by atoms with E-state index in [1.807, 2.05) is 0 Å². The molecule has 30 heavy (non-hydrogen) atoms. The number of hydrogen-bond donors (Lipinski definition) is 1. The molecule has 0 bridgehead atoms. The largest absolute Gasteiger partial charge is 0.588 e. The van der Waals surface area contributed by atoms with Crippen LogP contribution in [0.5, 0.6) is 17.5 Å². The number of aromatic nitrogens is 2. The fourth-order valence-corrected chi connectivity index (χ4v) is 3.06. The van der Waals surface area contributed by atoms with Crippen LogP contribution in [-0.4, -0.2) is 47.2 Å². The van der Waals surface area contributed by atoms with Gasteiger partial charge in [-0.2, -0.15) is 36.3 Å². The Morgan fingerprint density at radius 3 is 2.00 bits per heavy atom. The van der Waals surface area contributed by atoms with E-state index >= 15 is 0 Å². The zero-order chi connectivity index (χ0) is 22.5. The summed E-state index contributed by atoms with van der Waals surface area (Å²) in [5, 5.41) is 0. The van der Waals surface area contributed by atoms with Gasteiger partial charge in [-0.25, -0.2) is 4.72 Å². The second-order valence-electron chi connectivity index (χ2n) is 5.67. The molecule has 0 amide bonds. The Hall–Kier alpha value is -2.61. The average Bonchev–Trinajstić information content (AvgIpc) is 2.65. The number of hydrogen-bond acceptors (Lipinski definition) is 7. The Labute approximate surface area is 169 Å². The summed E-state index contributed by atoms with van der Waals surface area (Å²) in [6.45, 7) is -2.00. The number of benzene rings is 1. The molecule has 0 aliphatic heterocycles. The number of halogens is 6. The summed E-state index contributed by atoms with van der Waals surface area (Å²) in [4.78, 5) is 6.19. The van der Waals surface area contributed by atoms with E-state index in [0.717, 1.165) is 0 Å². The molecule has 1 N–H and O–H groups in total. The van der Waals surface area contributed by atoms with Crippen LogP contribution in [0.1, 0.15) is 5.56 Å². The van der Waals surface area contributed by atoms with Gasteiger partial charge in [0.1, 0.15) is 23.4 Å². The molecule has 0 saturated carbocycles. The number of methoxy groups -OCH3 is 1. The van der Waals surface area contributed by atoms with Gasteiger partial charge in [0.15, 0.2) is 13.2 Å². The van der Waals surface area contributed by atoms with E-state index in [4.69, 9.17) is 4.74 Å². The molecular formula is C16H15F6N3O4S. The van der Waals surface area contributed by atoms with Gasteiger partial charge in [0.25, 0.3) is 11.8 Å². The number of anilines is 1. The van der Waals surface area contributed by atoms with Crippen molar-refractivity contribution in [1.82, 2.24) is 9.97 Å². The summed E-state index contributed by atoms with van der Waals surface area (Å²) in [5.41, 5.74) is 0.802. The fraction of sp³-hybridized carbons (Fsp3) is 0.375. The first-order valence-electron chi connectivity index (χ1n) is 7.97. The van der Waals surface area contributed by atoms with E-state index in [9.17, 15) is 30.9 Å². The Morgan fingerprint density at radius 2 is 1.53 bits per heavy atom. The van der Waals surface area contributed by atoms with Crippen LogP contribution in [-0.2, 0) is 11.4 Å². The van der Waals surface area contributed by atoms with E-state index in [2.05, 4.69) is 24.2 Å². The number of alkyl halides is 6. The Bertz CT molecular complexity index is 830. The molecule has 0 saturated heterocycles. The van der Waals surface area contributed by atoms with Crippen molar-refractivity contribution in [2.75, 3.05) is 25.0 Å². The Balaban J connectivity index is 2.39. The zero-order valence-corrected chi connectivity index (χ0v) is 16.2. The first-order chi connectivity index (χ1) is 13.9. The van der Waals surface area contributed by atoms with Crippen LogP contribution in [0.15, 0.2) is 29.4 Å². The highest BCUT2D eigenvalue weighted by molar-refractivity contribution is 7.93. The summed E-state index contributed by atoms with van der Waals surface area (Å²) >= 11 is -2.45. The van der Waals surface area contributed by atoms with E-state index in [1.165, 1.54) is 13.2 Å². The molecule has 1 unspecified atom stereocenters. The summed E-state index contributed by atoms with van der Waals surface area (Å²) in [6.07, 6.45) is -8.91. The molecule has 7 nitrogen and oxygen atoms in total. The lowest BCUT2D eigenvalue weighted by Gasteiger charge is -2.18. The minimum atomic E-state index is -4.77. The van der Waals surface area contributed by atoms with Crippen molar-refractivity contribution in [2.24, 2.45) is 0 Å². The predicted octanol–water partition coefficient (Wildman–Crippen LogP) is 3.81. The second-order valence-corrected chi connectivity index (χ2v) is 6.82. The fourth-order valence-electron chi connectivity index (χ4n) is 2.00. The van der Waals surface area contributed by atoms with Crippen LogP contribution in [0.4, 0.5) is 32.0 Å². The van der Waals surface area contributed by atoms with Gasteiger partial charge in [0, 0.05) is 6.07 Å². The van der Waals surface area contributed by atoms with Gasteiger partial charge < -0.3 is 18.8 Å². The molecule has 0 spiro atoms. The lowest BCUT2D eigenvalue weighted by molar-refractivity contribution is -0.155. The zero-order valence-electron chi connectivity index (χ0n) is 15.4. The number of aryl methyl sites for hydroxylation is 1. The molecule has 1 aromatic heterocycles. The van der Waals surface area contributed by atoms with Crippen LogP contribution < -0.4 is 18.9 Å². The van der Waals surface area contributed by atoms with Crippen molar-refractivity contribution in [3.8, 4) is 17.5 Å². The molecule has 1 aromatic carbocycles. The number of rotatable bonds is 8. The number of nitrogens with zero attached hydrogens (tertiary/aromatic N) is 2. The average molecular weight is 459 g/mol. The summed E-state index contributed by atoms with van der Waals surface area (Å²) in [6, 6.07) is 4.64. The molecule has 0 aliphatic rings. The molecule has 1 atom stereocenters. The third-order valence-electron chi connectivity index (χ3n) is 3.32. The standard InChI is InChI=1S/C16H15F6N3O4S/c1-9-3-4-10(27-2)5-11(9)25-30(26)12-13(28-6-15(17,18)19)23-8-24-14(12)29-7-16(20,21)22/h3-5,8,25H,6-7H2,1-2H3. The lowest BCUT2D eigenvalue weighted by Crippen LogP contribution is -2.24. The van der Waals surface area contributed by atoms with Gasteiger partial charge in [-0.05, 0) is 18.6 Å². The van der Waals surface area contributed by atoms with E-state index in [-0.39, 0.29) is 5.69 Å². The highest BCUT2D eigenvalue weighted by Crippen LogP contribution is 2.34. The smallest absolute Gasteiger partial charge is 0.422 e. The van der Waals surface area contributed by atoms with Crippen LogP contribution in [0.25, 0.3) is 0 Å². The van der Waals surface area contributed by atoms with Gasteiger partial charge in [0.05, 0.1) is 12.8 Å². The van der Waals surface area contributed by atoms with E-state index in [0.29, 0.717) is 17.6 Å². The highest BCUT2D eigenvalue weighted by atomic mass is 32.2. The number of ether oxygens (including phenoxy) is 3. The van der Waals surface area contributed by atoms with E-state index in [1.54, 1.807) is 19.1 Å². The van der Waals surface area contributed by atoms with E-state index < -0.39 is 53.6 Å². The molecule has 1 heterocycles. The van der Waals surface area contributed by atoms with Gasteiger partial charge in [-0.1, -0.05) is 6.07 Å². The first kappa shape index (κ1) is 23.7. The van der Waals surface area contributed by atoms with Gasteiger partial charge in [0.2, 0.25) is 0 Å². The maximum absolute atomic E-state index is 12.8. The van der Waals surface area contributed by atoms with Gasteiger partial charge >= 0.3 is 17.2 Å². The summed E-state index contributed by atoms with van der Waals surface area (Å²) < 4.78 is 104. The minimum absolute atomic E-state index is 0.236. The molecule has 0 fully saturated rings. The van der Waals surface area contributed by atoms with Crippen LogP contribution in [0.3, 0.4) is 0 Å². The van der Waals surface area contributed by atoms with Gasteiger partial charge in [-0.3, -0.25) is 0 Å². The van der Waals surface area contributed by atoms with Crippen molar-refractivity contribution in [3.63, 3.8) is 0 Å². The maximum atomic E-state index is 12.8. The quantitative estimate of drug-likeness (QED) is 0.474. The van der Waals surface area contributed by atoms with Crippen LogP contribution >= 0.6 is 0 Å². The molecule has 2 aromatic rings. The van der Waals surface area contributed by atoms with Crippen molar-refractivity contribution in [2.45, 2.75) is 24.2 Å². The monoisotopic (exact) mass is 459 g/mol. The first-order valence-corrected chi connectivity index (χ1v) is 9.12. The number of nitrogens with one attached hydrogen (secondary N) is 1. The molecule has 166 valence electrons. The minimum Gasteiger partial charge on any atom is -0.588 e. The normalized spacial score (nSPS) is 13.0. The van der Waals surface area contributed by atoms with Crippen molar-refractivity contribution in [3.05, 3.63) is 30.1 Å². The molecule has 2 rings (SSSR count). The lowest BCUT2D eigenvalue weighted by atomic mass is 10.2. The van der Waals surface area contributed by atoms with Gasteiger partial charge in [-0.15, -0.1) is 0 Å². The third-order valence-corrected chi connectivity index (χ3v) is 4.44. The second kappa shape index (κ2) is 9.47. The summed E-state index contributed by atoms with van der Waals surface area (Å²) in [5.74, 6) is -1.32. The Morgan fingerprint density at radius 1 is 1.00 bits per heavy atom. The van der Waals surface area contributed by atoms with Crippen molar-refractivity contribution >= 4 is 17.0 Å². The molecule has 14 heteroatoms. The summed E-state index contributed by atoms with van der Waals surface area (Å²) in [7, 11) is 1.38. The molecular weight excluding hydrogens is 444 g/mol. The maximum Gasteiger partial charge on any atom is 0.422 e. The predicted molar refractivity (Wildman–Crippen MR) is 92.9 cm³/mol. The highest BCUT2D eigenvalue weighted by Gasteiger charge is 2.35. The van der Waals surface area contributed by atoms with Crippen LogP contribution in [0, 0.1) is 6.92 Å². The van der Waals surface area contributed by atoms with Crippen molar-refractivity contribution < 1.29 is 45.1 Å².